The van der Waals surface area contributed by atoms with E-state index in [0.29, 0.717) is 6.61 Å². The monoisotopic (exact) mass is 470 g/mol. The fraction of sp³-hybridized carbons (Fsp3) is 0.440. The molecule has 5 nitrogen and oxygen atoms in total. The third-order valence-electron chi connectivity index (χ3n) is 5.78. The maximum atomic E-state index is 12.1. The van der Waals surface area contributed by atoms with Crippen LogP contribution >= 0.6 is 23.1 Å². The molecule has 1 N–H and O–H groups in total. The first-order valence-corrected chi connectivity index (χ1v) is 13.1. The van der Waals surface area contributed by atoms with Gasteiger partial charge >= 0.3 is 5.97 Å². The Hall–Kier alpha value is -2.09. The average Bonchev–Trinajstić information content (AvgIpc) is 3.29. The van der Waals surface area contributed by atoms with Gasteiger partial charge in [0.1, 0.15) is 12.4 Å². The molecule has 0 aliphatic carbocycles. The highest BCUT2D eigenvalue weighted by molar-refractivity contribution is 8.01. The van der Waals surface area contributed by atoms with Gasteiger partial charge in [-0.1, -0.05) is 0 Å². The maximum absolute atomic E-state index is 12.1. The van der Waals surface area contributed by atoms with Crippen molar-refractivity contribution in [3.8, 4) is 5.75 Å². The minimum atomic E-state index is -0.0501. The van der Waals surface area contributed by atoms with Crippen LogP contribution in [0.4, 0.5) is 0 Å². The third kappa shape index (κ3) is 6.24. The number of aryl methyl sites for hydroxylation is 2. The van der Waals surface area contributed by atoms with Crippen LogP contribution in [0.15, 0.2) is 46.1 Å². The largest absolute Gasteiger partial charge is 0.497 e. The molecule has 7 heteroatoms. The molecule has 3 aromatic rings. The highest BCUT2D eigenvalue weighted by Crippen LogP contribution is 2.28. The standard InChI is InChI=1S/C25H30N2O3S2/c1-29-21-7-8-23-22(15-21)19(9-11-27-23)5-2-4-18-14-24(32-17-18)31-13-12-30-25(28)20-6-3-10-26-16-20/h7-9,11,14-15,17,20,26H,2-6,10,12-13,16H2,1H3/t20-/m1/s1. The van der Waals surface area contributed by atoms with E-state index in [1.807, 2.05) is 18.3 Å². The number of carbonyl (C=O) groups excluding carboxylic acids is 1. The molecule has 0 radical (unpaired) electrons. The molecule has 1 saturated heterocycles. The highest BCUT2D eigenvalue weighted by atomic mass is 32.2. The smallest absolute Gasteiger partial charge is 0.310 e. The summed E-state index contributed by atoms with van der Waals surface area (Å²) in [6.07, 6.45) is 7.03. The topological polar surface area (TPSA) is 60.5 Å². The van der Waals surface area contributed by atoms with Crippen molar-refractivity contribution >= 4 is 40.0 Å². The summed E-state index contributed by atoms with van der Waals surface area (Å²) in [7, 11) is 1.70. The summed E-state index contributed by atoms with van der Waals surface area (Å²) in [5, 5.41) is 6.68. The van der Waals surface area contributed by atoms with Crippen LogP contribution in [-0.4, -0.2) is 43.5 Å². The molecule has 3 heterocycles. The Morgan fingerprint density at radius 3 is 3.06 bits per heavy atom. The van der Waals surface area contributed by atoms with Gasteiger partial charge in [0.25, 0.3) is 0 Å². The second kappa shape index (κ2) is 11.7. The van der Waals surface area contributed by atoms with Crippen molar-refractivity contribution in [2.24, 2.45) is 5.92 Å². The van der Waals surface area contributed by atoms with Crippen LogP contribution in [0.2, 0.25) is 0 Å². The molecule has 4 rings (SSSR count). The zero-order chi connectivity index (χ0) is 22.2. The lowest BCUT2D eigenvalue weighted by Crippen LogP contribution is -2.35. The predicted molar refractivity (Wildman–Crippen MR) is 132 cm³/mol. The van der Waals surface area contributed by atoms with Gasteiger partial charge in [-0.05, 0) is 85.5 Å². The van der Waals surface area contributed by atoms with E-state index in [1.54, 1.807) is 30.2 Å². The summed E-state index contributed by atoms with van der Waals surface area (Å²) >= 11 is 3.55. The van der Waals surface area contributed by atoms with Crippen LogP contribution in [0.1, 0.15) is 30.4 Å². The van der Waals surface area contributed by atoms with E-state index in [0.717, 1.165) is 62.2 Å². The van der Waals surface area contributed by atoms with Crippen LogP contribution in [0.25, 0.3) is 10.9 Å². The molecule has 0 spiro atoms. The molecule has 1 atom stereocenters. The van der Waals surface area contributed by atoms with Gasteiger partial charge in [0, 0.05) is 23.9 Å². The van der Waals surface area contributed by atoms with Crippen LogP contribution in [0, 0.1) is 5.92 Å². The molecule has 32 heavy (non-hydrogen) atoms. The number of hydrogen-bond acceptors (Lipinski definition) is 7. The van der Waals surface area contributed by atoms with Crippen LogP contribution in [0.5, 0.6) is 5.75 Å². The Morgan fingerprint density at radius 2 is 2.22 bits per heavy atom. The molecule has 0 bridgehead atoms. The van der Waals surface area contributed by atoms with Crippen LogP contribution in [-0.2, 0) is 22.4 Å². The van der Waals surface area contributed by atoms with Crippen molar-refractivity contribution < 1.29 is 14.3 Å². The fourth-order valence-corrected chi connectivity index (χ4v) is 5.97. The van der Waals surface area contributed by atoms with Gasteiger partial charge in [-0.15, -0.1) is 23.1 Å². The zero-order valence-electron chi connectivity index (χ0n) is 18.5. The molecule has 1 aromatic carbocycles. The van der Waals surface area contributed by atoms with Crippen molar-refractivity contribution in [3.63, 3.8) is 0 Å². The second-order valence-corrected chi connectivity index (χ2v) is 10.3. The number of ether oxygens (including phenoxy) is 2. The van der Waals surface area contributed by atoms with E-state index in [1.165, 1.54) is 20.7 Å². The predicted octanol–water partition coefficient (Wildman–Crippen LogP) is 5.12. The molecule has 0 saturated carbocycles. The maximum Gasteiger partial charge on any atom is 0.310 e. The summed E-state index contributed by atoms with van der Waals surface area (Å²) in [6.45, 7) is 2.24. The first-order valence-electron chi connectivity index (χ1n) is 11.2. The van der Waals surface area contributed by atoms with Gasteiger partial charge in [0.15, 0.2) is 0 Å². The second-order valence-electron chi connectivity index (χ2n) is 8.04. The number of esters is 1. The third-order valence-corrected chi connectivity index (χ3v) is 7.97. The van der Waals surface area contributed by atoms with Gasteiger partial charge in [-0.2, -0.15) is 0 Å². The fourth-order valence-electron chi connectivity index (χ4n) is 4.03. The number of pyridine rings is 1. The van der Waals surface area contributed by atoms with E-state index in [-0.39, 0.29) is 11.9 Å². The van der Waals surface area contributed by atoms with Crippen molar-refractivity contribution in [2.75, 3.05) is 32.6 Å². The van der Waals surface area contributed by atoms with E-state index < -0.39 is 0 Å². The summed E-state index contributed by atoms with van der Waals surface area (Å²) < 4.78 is 12.1. The minimum Gasteiger partial charge on any atom is -0.497 e. The average molecular weight is 471 g/mol. The highest BCUT2D eigenvalue weighted by Gasteiger charge is 2.22. The molecule has 0 unspecified atom stereocenters. The van der Waals surface area contributed by atoms with Gasteiger partial charge in [0.05, 0.1) is 22.8 Å². The zero-order valence-corrected chi connectivity index (χ0v) is 20.1. The van der Waals surface area contributed by atoms with Crippen LogP contribution in [0.3, 0.4) is 0 Å². The minimum absolute atomic E-state index is 0.0284. The number of nitrogens with zero attached hydrogens (tertiary/aromatic N) is 1. The Bertz CT molecular complexity index is 1030. The summed E-state index contributed by atoms with van der Waals surface area (Å²) in [5.74, 6) is 1.65. The number of fused-ring (bicyclic) bond motifs is 1. The summed E-state index contributed by atoms with van der Waals surface area (Å²) in [6, 6.07) is 10.4. The number of hydrogen-bond donors (Lipinski definition) is 1. The number of benzene rings is 1. The number of carbonyl (C=O) groups is 1. The molecular formula is C25H30N2O3S2. The number of aromatic nitrogens is 1. The molecule has 0 amide bonds. The molecule has 2 aromatic heterocycles. The van der Waals surface area contributed by atoms with E-state index in [2.05, 4.69) is 33.9 Å². The first-order chi connectivity index (χ1) is 15.7. The lowest BCUT2D eigenvalue weighted by Gasteiger charge is -2.20. The quantitative estimate of drug-likeness (QED) is 0.252. The van der Waals surface area contributed by atoms with Crippen LogP contribution < -0.4 is 10.1 Å². The Morgan fingerprint density at radius 1 is 1.28 bits per heavy atom. The van der Waals surface area contributed by atoms with E-state index in [4.69, 9.17) is 9.47 Å². The van der Waals surface area contributed by atoms with Crippen molar-refractivity contribution in [1.82, 2.24) is 10.3 Å². The number of rotatable bonds is 10. The number of nitrogens with one attached hydrogen (secondary N) is 1. The van der Waals surface area contributed by atoms with Gasteiger partial charge < -0.3 is 14.8 Å². The first kappa shape index (κ1) is 23.1. The van der Waals surface area contributed by atoms with Crippen molar-refractivity contribution in [2.45, 2.75) is 36.3 Å². The normalized spacial score (nSPS) is 16.2. The molecule has 170 valence electrons. The molecular weight excluding hydrogens is 440 g/mol. The number of piperidine rings is 1. The van der Waals surface area contributed by atoms with Crippen molar-refractivity contribution in [1.29, 1.82) is 0 Å². The van der Waals surface area contributed by atoms with E-state index in [9.17, 15) is 4.79 Å². The van der Waals surface area contributed by atoms with Crippen molar-refractivity contribution in [3.05, 3.63) is 53.0 Å². The molecule has 1 aliphatic heterocycles. The summed E-state index contributed by atoms with van der Waals surface area (Å²) in [4.78, 5) is 16.6. The van der Waals surface area contributed by atoms with E-state index >= 15 is 0 Å². The summed E-state index contributed by atoms with van der Waals surface area (Å²) in [5.41, 5.74) is 3.70. The Kier molecular flexibility index (Phi) is 8.42. The van der Waals surface area contributed by atoms with Gasteiger partial charge in [-0.25, -0.2) is 0 Å². The molecule has 1 aliphatic rings. The van der Waals surface area contributed by atoms with Gasteiger partial charge in [0.2, 0.25) is 0 Å². The SMILES string of the molecule is COc1ccc2nccc(CCCc3csc(SCCOC(=O)[C@@H]4CCCNC4)c3)c2c1. The number of methoxy groups -OCH3 is 1. The Balaban J connectivity index is 1.20. The Labute approximate surface area is 197 Å². The molecule has 1 fully saturated rings. The van der Waals surface area contributed by atoms with Gasteiger partial charge in [-0.3, -0.25) is 9.78 Å². The lowest BCUT2D eigenvalue weighted by molar-refractivity contribution is -0.148. The number of thioether (sulfide) groups is 1. The number of thiophene rings is 1. The lowest BCUT2D eigenvalue weighted by atomic mass is 10.0.